The Hall–Kier alpha value is -2.30. The summed E-state index contributed by atoms with van der Waals surface area (Å²) in [5.41, 5.74) is 2.83. The van der Waals surface area contributed by atoms with E-state index >= 15 is 0 Å². The van der Waals surface area contributed by atoms with Crippen LogP contribution in [0.15, 0.2) is 30.5 Å². The highest BCUT2D eigenvalue weighted by molar-refractivity contribution is 5.94. The fraction of sp³-hybridized carbons (Fsp3) is 0.412. The zero-order valence-corrected chi connectivity index (χ0v) is 13.0. The number of rotatable bonds is 3. The van der Waals surface area contributed by atoms with Crippen molar-refractivity contribution in [3.63, 3.8) is 0 Å². The Labute approximate surface area is 130 Å². The number of nitrogens with zero attached hydrogens (tertiary/aromatic N) is 2. The summed E-state index contributed by atoms with van der Waals surface area (Å²) in [6.45, 7) is 3.51. The first-order valence-electron chi connectivity index (χ1n) is 7.62. The number of nitrogens with one attached hydrogen (secondary N) is 1. The topological polar surface area (TPSA) is 58.2 Å². The summed E-state index contributed by atoms with van der Waals surface area (Å²) in [7, 11) is 1.63. The number of amides is 1. The highest BCUT2D eigenvalue weighted by Crippen LogP contribution is 2.27. The standard InChI is InChI=1S/C17H21N3O2/c1-12-5-6-13(10-16(12)22-2)17(21)20-9-3-4-14(11-20)15-7-8-18-19-15/h5-8,10,14H,3-4,9,11H2,1-2H3,(H,18,19). The first-order valence-corrected chi connectivity index (χ1v) is 7.62. The van der Waals surface area contributed by atoms with E-state index in [0.29, 0.717) is 11.5 Å². The molecule has 1 atom stereocenters. The number of aromatic nitrogens is 2. The van der Waals surface area contributed by atoms with E-state index < -0.39 is 0 Å². The van der Waals surface area contributed by atoms with Crippen LogP contribution in [0.3, 0.4) is 0 Å². The van der Waals surface area contributed by atoms with Gasteiger partial charge in [-0.1, -0.05) is 6.07 Å². The molecule has 0 saturated carbocycles. The highest BCUT2D eigenvalue weighted by atomic mass is 16.5. The lowest BCUT2D eigenvalue weighted by Crippen LogP contribution is -2.39. The van der Waals surface area contributed by atoms with Crippen LogP contribution >= 0.6 is 0 Å². The monoisotopic (exact) mass is 299 g/mol. The number of aryl methyl sites for hydroxylation is 1. The van der Waals surface area contributed by atoms with Gasteiger partial charge < -0.3 is 9.64 Å². The zero-order valence-electron chi connectivity index (χ0n) is 13.0. The van der Waals surface area contributed by atoms with E-state index in [0.717, 1.165) is 42.9 Å². The van der Waals surface area contributed by atoms with Gasteiger partial charge in [0, 0.05) is 36.5 Å². The number of likely N-dealkylation sites (tertiary alicyclic amines) is 1. The van der Waals surface area contributed by atoms with E-state index in [2.05, 4.69) is 10.2 Å². The van der Waals surface area contributed by atoms with E-state index in [4.69, 9.17) is 4.74 Å². The second-order valence-electron chi connectivity index (χ2n) is 5.79. The van der Waals surface area contributed by atoms with E-state index in [-0.39, 0.29) is 5.91 Å². The zero-order chi connectivity index (χ0) is 15.5. The second-order valence-corrected chi connectivity index (χ2v) is 5.79. The van der Waals surface area contributed by atoms with Crippen LogP contribution in [0.1, 0.15) is 40.4 Å². The van der Waals surface area contributed by atoms with Crippen LogP contribution in [0.4, 0.5) is 0 Å². The van der Waals surface area contributed by atoms with Crippen LogP contribution in [0, 0.1) is 6.92 Å². The fourth-order valence-electron chi connectivity index (χ4n) is 3.05. The molecule has 1 aromatic heterocycles. The van der Waals surface area contributed by atoms with Gasteiger partial charge in [-0.2, -0.15) is 5.10 Å². The Bertz CT molecular complexity index is 652. The Morgan fingerprint density at radius 3 is 3.00 bits per heavy atom. The SMILES string of the molecule is COc1cc(C(=O)N2CCCC(c3ccn[nH]3)C2)ccc1C. The van der Waals surface area contributed by atoms with E-state index in [9.17, 15) is 4.79 Å². The smallest absolute Gasteiger partial charge is 0.254 e. The Balaban J connectivity index is 1.77. The number of piperidine rings is 1. The van der Waals surface area contributed by atoms with Crippen molar-refractivity contribution in [1.29, 1.82) is 0 Å². The highest BCUT2D eigenvalue weighted by Gasteiger charge is 2.26. The van der Waals surface area contributed by atoms with Crippen LogP contribution in [-0.2, 0) is 0 Å². The molecule has 0 bridgehead atoms. The number of H-pyrrole nitrogens is 1. The number of benzene rings is 1. The number of hydrogen-bond donors (Lipinski definition) is 1. The van der Waals surface area contributed by atoms with E-state index in [1.807, 2.05) is 36.1 Å². The molecule has 0 aliphatic carbocycles. The van der Waals surface area contributed by atoms with Gasteiger partial charge in [0.25, 0.3) is 5.91 Å². The average Bonchev–Trinajstić information content (AvgIpc) is 3.09. The minimum atomic E-state index is 0.0718. The number of aromatic amines is 1. The summed E-state index contributed by atoms with van der Waals surface area (Å²) >= 11 is 0. The first-order chi connectivity index (χ1) is 10.7. The number of carbonyl (C=O) groups is 1. The van der Waals surface area contributed by atoms with Crippen molar-refractivity contribution in [3.8, 4) is 5.75 Å². The third kappa shape index (κ3) is 2.84. The molecule has 1 aliphatic rings. The molecule has 3 rings (SSSR count). The first kappa shape index (κ1) is 14.6. The van der Waals surface area contributed by atoms with Crippen LogP contribution in [0.25, 0.3) is 0 Å². The van der Waals surface area contributed by atoms with Crippen LogP contribution in [-0.4, -0.2) is 41.2 Å². The van der Waals surface area contributed by atoms with Crippen molar-refractivity contribution in [2.24, 2.45) is 0 Å². The quantitative estimate of drug-likeness (QED) is 0.948. The van der Waals surface area contributed by atoms with Crippen molar-refractivity contribution in [1.82, 2.24) is 15.1 Å². The maximum Gasteiger partial charge on any atom is 0.254 e. The number of ether oxygens (including phenoxy) is 1. The number of methoxy groups -OCH3 is 1. The molecule has 0 spiro atoms. The molecule has 1 amide bonds. The van der Waals surface area contributed by atoms with Gasteiger partial charge in [0.15, 0.2) is 0 Å². The molecule has 1 fully saturated rings. The molecule has 22 heavy (non-hydrogen) atoms. The van der Waals surface area contributed by atoms with Gasteiger partial charge >= 0.3 is 0 Å². The lowest BCUT2D eigenvalue weighted by Gasteiger charge is -2.32. The van der Waals surface area contributed by atoms with Crippen molar-refractivity contribution >= 4 is 5.91 Å². The van der Waals surface area contributed by atoms with Crippen LogP contribution < -0.4 is 4.74 Å². The minimum absolute atomic E-state index is 0.0718. The number of carbonyl (C=O) groups excluding carboxylic acids is 1. The Morgan fingerprint density at radius 2 is 2.27 bits per heavy atom. The third-order valence-corrected chi connectivity index (χ3v) is 4.33. The summed E-state index contributed by atoms with van der Waals surface area (Å²) in [4.78, 5) is 14.7. The van der Waals surface area contributed by atoms with E-state index in [1.165, 1.54) is 0 Å². The molecule has 2 heterocycles. The molecular formula is C17H21N3O2. The van der Waals surface area contributed by atoms with Gasteiger partial charge in [0.2, 0.25) is 0 Å². The molecule has 5 heteroatoms. The predicted octanol–water partition coefficient (Wildman–Crippen LogP) is 2.75. The van der Waals surface area contributed by atoms with Gasteiger partial charge in [-0.15, -0.1) is 0 Å². The summed E-state index contributed by atoms with van der Waals surface area (Å²) in [6.07, 6.45) is 3.86. The van der Waals surface area contributed by atoms with Gasteiger partial charge in [-0.25, -0.2) is 0 Å². The lowest BCUT2D eigenvalue weighted by molar-refractivity contribution is 0.0705. The number of hydrogen-bond acceptors (Lipinski definition) is 3. The van der Waals surface area contributed by atoms with E-state index in [1.54, 1.807) is 13.3 Å². The Morgan fingerprint density at radius 1 is 1.41 bits per heavy atom. The van der Waals surface area contributed by atoms with Crippen molar-refractivity contribution in [3.05, 3.63) is 47.3 Å². The van der Waals surface area contributed by atoms with Crippen molar-refractivity contribution in [2.75, 3.05) is 20.2 Å². The van der Waals surface area contributed by atoms with Crippen LogP contribution in [0.2, 0.25) is 0 Å². The molecule has 5 nitrogen and oxygen atoms in total. The molecule has 2 aromatic rings. The average molecular weight is 299 g/mol. The van der Waals surface area contributed by atoms with Gasteiger partial charge in [-0.05, 0) is 43.5 Å². The summed E-state index contributed by atoms with van der Waals surface area (Å²) in [5.74, 6) is 1.17. The molecular weight excluding hydrogens is 278 g/mol. The molecule has 0 radical (unpaired) electrons. The largest absolute Gasteiger partial charge is 0.496 e. The fourth-order valence-corrected chi connectivity index (χ4v) is 3.05. The lowest BCUT2D eigenvalue weighted by atomic mass is 9.94. The molecule has 116 valence electrons. The van der Waals surface area contributed by atoms with Crippen molar-refractivity contribution in [2.45, 2.75) is 25.7 Å². The maximum absolute atomic E-state index is 12.7. The predicted molar refractivity (Wildman–Crippen MR) is 84.2 cm³/mol. The Kier molecular flexibility index (Phi) is 4.13. The van der Waals surface area contributed by atoms with Crippen molar-refractivity contribution < 1.29 is 9.53 Å². The van der Waals surface area contributed by atoms with Crippen LogP contribution in [0.5, 0.6) is 5.75 Å². The summed E-state index contributed by atoms with van der Waals surface area (Å²) < 4.78 is 5.32. The third-order valence-electron chi connectivity index (χ3n) is 4.33. The maximum atomic E-state index is 12.7. The normalized spacial score (nSPS) is 18.3. The molecule has 1 N–H and O–H groups in total. The minimum Gasteiger partial charge on any atom is -0.496 e. The summed E-state index contributed by atoms with van der Waals surface area (Å²) in [6, 6.07) is 7.63. The second kappa shape index (κ2) is 6.22. The molecule has 1 aliphatic heterocycles. The van der Waals surface area contributed by atoms with Gasteiger partial charge in [0.1, 0.15) is 5.75 Å². The van der Waals surface area contributed by atoms with Gasteiger partial charge in [-0.3, -0.25) is 9.89 Å². The molecule has 1 unspecified atom stereocenters. The summed E-state index contributed by atoms with van der Waals surface area (Å²) in [5, 5.41) is 7.04. The molecule has 1 saturated heterocycles. The van der Waals surface area contributed by atoms with Gasteiger partial charge in [0.05, 0.1) is 7.11 Å². The molecule has 1 aromatic carbocycles.